The molecule has 0 saturated heterocycles. The summed E-state index contributed by atoms with van der Waals surface area (Å²) < 4.78 is 5.13. The number of unbranched alkanes of at least 4 members (excludes halogenated alkanes) is 1. The molecule has 0 fully saturated rings. The first-order valence-corrected chi connectivity index (χ1v) is 6.91. The third kappa shape index (κ3) is 5.72. The van der Waals surface area contributed by atoms with E-state index in [4.69, 9.17) is 9.84 Å². The van der Waals surface area contributed by atoms with Gasteiger partial charge < -0.3 is 9.84 Å². The highest BCUT2D eigenvalue weighted by Crippen LogP contribution is 2.19. The lowest BCUT2D eigenvalue weighted by molar-refractivity contribution is -0.138. The van der Waals surface area contributed by atoms with E-state index in [0.717, 1.165) is 4.90 Å². The Bertz CT molecular complexity index is 400. The van der Waals surface area contributed by atoms with Crippen LogP contribution in [0.25, 0.3) is 0 Å². The van der Waals surface area contributed by atoms with E-state index in [1.807, 2.05) is 18.4 Å². The molecule has 1 rings (SSSR count). The molecule has 0 aromatic heterocycles. The maximum absolute atomic E-state index is 11.4. The zero-order chi connectivity index (χ0) is 13.4. The number of aliphatic carboxylic acids is 1. The van der Waals surface area contributed by atoms with Crippen LogP contribution in [-0.4, -0.2) is 23.3 Å². The van der Waals surface area contributed by atoms with Crippen molar-refractivity contribution >= 4 is 23.7 Å². The van der Waals surface area contributed by atoms with Gasteiger partial charge in [-0.2, -0.15) is 0 Å². The smallest absolute Gasteiger partial charge is 0.311 e. The molecule has 0 aliphatic carbocycles. The number of benzene rings is 1. The molecule has 0 saturated carbocycles. The summed E-state index contributed by atoms with van der Waals surface area (Å²) in [7, 11) is 0. The van der Waals surface area contributed by atoms with Gasteiger partial charge in [0.25, 0.3) is 0 Å². The normalized spacial score (nSPS) is 10.1. The number of thioether (sulfide) groups is 1. The second-order valence-corrected chi connectivity index (χ2v) is 4.63. The number of carboxylic acid groups (broad SMARTS) is 1. The van der Waals surface area contributed by atoms with Crippen molar-refractivity contribution in [3.8, 4) is 5.75 Å². The summed E-state index contributed by atoms with van der Waals surface area (Å²) in [5, 5.41) is 8.45. The van der Waals surface area contributed by atoms with E-state index in [1.54, 1.807) is 23.9 Å². The number of carbonyl (C=O) groups is 2. The van der Waals surface area contributed by atoms with Crippen molar-refractivity contribution in [1.29, 1.82) is 0 Å². The van der Waals surface area contributed by atoms with Gasteiger partial charge in [0, 0.05) is 17.7 Å². The number of esters is 1. The van der Waals surface area contributed by atoms with Gasteiger partial charge in [-0.15, -0.1) is 11.8 Å². The van der Waals surface area contributed by atoms with Crippen molar-refractivity contribution in [2.75, 3.05) is 6.26 Å². The fraction of sp³-hybridized carbons (Fsp3) is 0.385. The van der Waals surface area contributed by atoms with Crippen LogP contribution in [0.15, 0.2) is 29.2 Å². The van der Waals surface area contributed by atoms with Gasteiger partial charge in [0.1, 0.15) is 5.75 Å². The van der Waals surface area contributed by atoms with E-state index in [1.165, 1.54) is 0 Å². The summed E-state index contributed by atoms with van der Waals surface area (Å²) in [4.78, 5) is 22.8. The number of carboxylic acids is 1. The molecule has 0 radical (unpaired) electrons. The van der Waals surface area contributed by atoms with E-state index in [2.05, 4.69) is 0 Å². The Kier molecular flexibility index (Phi) is 6.28. The Labute approximate surface area is 110 Å². The standard InChI is InChI=1S/C13H16O4S/c1-18-11-8-6-10(7-9-11)17-13(16)5-3-2-4-12(14)15/h6-9H,2-5H2,1H3,(H,14,15). The molecule has 5 heteroatoms. The molecule has 0 spiro atoms. The van der Waals surface area contributed by atoms with E-state index < -0.39 is 5.97 Å². The molecule has 0 unspecified atom stereocenters. The SMILES string of the molecule is CSc1ccc(OC(=O)CCCCC(=O)O)cc1. The lowest BCUT2D eigenvalue weighted by atomic mass is 10.2. The molecule has 1 N–H and O–H groups in total. The van der Waals surface area contributed by atoms with Crippen LogP contribution < -0.4 is 4.74 Å². The van der Waals surface area contributed by atoms with Gasteiger partial charge in [-0.25, -0.2) is 0 Å². The highest BCUT2D eigenvalue weighted by Gasteiger charge is 2.05. The van der Waals surface area contributed by atoms with Gasteiger partial charge in [0.15, 0.2) is 0 Å². The van der Waals surface area contributed by atoms with Crippen molar-refractivity contribution < 1.29 is 19.4 Å². The second kappa shape index (κ2) is 7.76. The quantitative estimate of drug-likeness (QED) is 0.356. The average molecular weight is 268 g/mol. The minimum atomic E-state index is -0.837. The largest absolute Gasteiger partial charge is 0.481 e. The maximum Gasteiger partial charge on any atom is 0.311 e. The Hall–Kier alpha value is -1.49. The van der Waals surface area contributed by atoms with Crippen LogP contribution in [0.4, 0.5) is 0 Å². The molecule has 0 atom stereocenters. The van der Waals surface area contributed by atoms with Crippen molar-refractivity contribution in [3.63, 3.8) is 0 Å². The van der Waals surface area contributed by atoms with E-state index >= 15 is 0 Å². The fourth-order valence-corrected chi connectivity index (χ4v) is 1.78. The predicted octanol–water partition coefficient (Wildman–Crippen LogP) is 2.96. The lowest BCUT2D eigenvalue weighted by Crippen LogP contribution is -2.07. The van der Waals surface area contributed by atoms with Gasteiger partial charge >= 0.3 is 11.9 Å². The highest BCUT2D eigenvalue weighted by atomic mass is 32.2. The summed E-state index contributed by atoms with van der Waals surface area (Å²) in [5.74, 6) is -0.635. The summed E-state index contributed by atoms with van der Waals surface area (Å²) in [5.41, 5.74) is 0. The van der Waals surface area contributed by atoms with Crippen molar-refractivity contribution in [2.45, 2.75) is 30.6 Å². The molecule has 18 heavy (non-hydrogen) atoms. The molecule has 0 aliphatic heterocycles. The van der Waals surface area contributed by atoms with Gasteiger partial charge in [0.05, 0.1) is 0 Å². The molecule has 1 aromatic rings. The predicted molar refractivity (Wildman–Crippen MR) is 70.0 cm³/mol. The zero-order valence-corrected chi connectivity index (χ0v) is 11.0. The van der Waals surface area contributed by atoms with Crippen LogP contribution in [0.3, 0.4) is 0 Å². The minimum Gasteiger partial charge on any atom is -0.481 e. The Morgan fingerprint density at radius 2 is 1.78 bits per heavy atom. The van der Waals surface area contributed by atoms with Crippen LogP contribution in [0.1, 0.15) is 25.7 Å². The molecular formula is C13H16O4S. The molecule has 98 valence electrons. The van der Waals surface area contributed by atoms with Crippen LogP contribution >= 0.6 is 11.8 Å². The van der Waals surface area contributed by atoms with Crippen molar-refractivity contribution in [2.24, 2.45) is 0 Å². The molecule has 0 heterocycles. The topological polar surface area (TPSA) is 63.6 Å². The molecule has 4 nitrogen and oxygen atoms in total. The van der Waals surface area contributed by atoms with E-state index in [-0.39, 0.29) is 18.8 Å². The van der Waals surface area contributed by atoms with E-state index in [0.29, 0.717) is 18.6 Å². The van der Waals surface area contributed by atoms with Crippen molar-refractivity contribution in [1.82, 2.24) is 0 Å². The Balaban J connectivity index is 2.28. The summed E-state index contributed by atoms with van der Waals surface area (Å²) in [6, 6.07) is 7.28. The Morgan fingerprint density at radius 3 is 2.33 bits per heavy atom. The number of ether oxygens (including phenoxy) is 1. The summed E-state index contributed by atoms with van der Waals surface area (Å²) in [6.45, 7) is 0. The van der Waals surface area contributed by atoms with E-state index in [9.17, 15) is 9.59 Å². The number of rotatable bonds is 7. The first-order chi connectivity index (χ1) is 8.61. The average Bonchev–Trinajstić information content (AvgIpc) is 2.35. The van der Waals surface area contributed by atoms with Gasteiger partial charge in [-0.05, 0) is 43.4 Å². The second-order valence-electron chi connectivity index (χ2n) is 3.75. The fourth-order valence-electron chi connectivity index (χ4n) is 1.37. The van der Waals surface area contributed by atoms with Crippen molar-refractivity contribution in [3.05, 3.63) is 24.3 Å². The first-order valence-electron chi connectivity index (χ1n) is 5.68. The number of hydrogen-bond donors (Lipinski definition) is 1. The third-order valence-corrected chi connectivity index (χ3v) is 3.06. The zero-order valence-electron chi connectivity index (χ0n) is 10.2. The summed E-state index contributed by atoms with van der Waals surface area (Å²) in [6.07, 6.45) is 3.35. The van der Waals surface area contributed by atoms with Gasteiger partial charge in [0.2, 0.25) is 0 Å². The number of hydrogen-bond acceptors (Lipinski definition) is 4. The van der Waals surface area contributed by atoms with Crippen LogP contribution in [-0.2, 0) is 9.59 Å². The van der Waals surface area contributed by atoms with Crippen LogP contribution in [0.5, 0.6) is 5.75 Å². The molecular weight excluding hydrogens is 252 g/mol. The monoisotopic (exact) mass is 268 g/mol. The third-order valence-electron chi connectivity index (χ3n) is 2.31. The molecule has 0 bridgehead atoms. The van der Waals surface area contributed by atoms with Crippen LogP contribution in [0, 0.1) is 0 Å². The van der Waals surface area contributed by atoms with Gasteiger partial charge in [-0.3, -0.25) is 9.59 Å². The highest BCUT2D eigenvalue weighted by molar-refractivity contribution is 7.98. The molecule has 0 aliphatic rings. The first kappa shape index (κ1) is 14.6. The molecule has 0 amide bonds. The number of carbonyl (C=O) groups excluding carboxylic acids is 1. The minimum absolute atomic E-state index is 0.0930. The maximum atomic E-state index is 11.4. The Morgan fingerprint density at radius 1 is 1.17 bits per heavy atom. The van der Waals surface area contributed by atoms with Gasteiger partial charge in [-0.1, -0.05) is 0 Å². The lowest BCUT2D eigenvalue weighted by Gasteiger charge is -2.04. The molecule has 1 aromatic carbocycles. The van der Waals surface area contributed by atoms with Crippen LogP contribution in [0.2, 0.25) is 0 Å². The summed E-state index contributed by atoms with van der Waals surface area (Å²) >= 11 is 1.62.